The molecule has 0 aliphatic carbocycles. The molecule has 0 spiro atoms. The normalized spacial score (nSPS) is 31.3. The van der Waals surface area contributed by atoms with Crippen LogP contribution in [-0.4, -0.2) is 36.6 Å². The molecule has 96 valence electrons. The fourth-order valence-corrected chi connectivity index (χ4v) is 2.81. The molecule has 1 rings (SSSR count). The molecule has 0 aromatic rings. The highest BCUT2D eigenvalue weighted by Crippen LogP contribution is 2.26. The minimum atomic E-state index is 0.705. The fourth-order valence-electron chi connectivity index (χ4n) is 2.81. The second-order valence-electron chi connectivity index (χ2n) is 5.62. The van der Waals surface area contributed by atoms with Gasteiger partial charge in [-0.1, -0.05) is 20.8 Å². The zero-order chi connectivity index (χ0) is 12.1. The molecule has 4 atom stereocenters. The Labute approximate surface area is 102 Å². The van der Waals surface area contributed by atoms with E-state index in [-0.39, 0.29) is 0 Å². The summed E-state index contributed by atoms with van der Waals surface area (Å²) in [6.45, 7) is 15.3. The van der Waals surface area contributed by atoms with Gasteiger partial charge in [0, 0.05) is 12.1 Å². The Morgan fingerprint density at radius 1 is 1.31 bits per heavy atom. The average molecular weight is 226 g/mol. The van der Waals surface area contributed by atoms with E-state index < -0.39 is 0 Å². The standard InChI is InChI=1S/C14H30N2/c1-6-15-10-12(3)14(5)16-9-7-8-11(2)13(16)4/h11-15H,6-10H2,1-5H3. The topological polar surface area (TPSA) is 15.3 Å². The zero-order valence-electron chi connectivity index (χ0n) is 11.8. The summed E-state index contributed by atoms with van der Waals surface area (Å²) in [6, 6.07) is 1.46. The minimum absolute atomic E-state index is 0.705. The van der Waals surface area contributed by atoms with Crippen LogP contribution in [0.15, 0.2) is 0 Å². The summed E-state index contributed by atoms with van der Waals surface area (Å²) in [7, 11) is 0. The zero-order valence-corrected chi connectivity index (χ0v) is 11.8. The van der Waals surface area contributed by atoms with E-state index in [1.807, 2.05) is 0 Å². The van der Waals surface area contributed by atoms with Gasteiger partial charge in [-0.2, -0.15) is 0 Å². The summed E-state index contributed by atoms with van der Waals surface area (Å²) < 4.78 is 0. The van der Waals surface area contributed by atoms with Gasteiger partial charge >= 0.3 is 0 Å². The third-order valence-corrected chi connectivity index (χ3v) is 4.49. The summed E-state index contributed by atoms with van der Waals surface area (Å²) in [5.41, 5.74) is 0. The summed E-state index contributed by atoms with van der Waals surface area (Å²) >= 11 is 0. The van der Waals surface area contributed by atoms with Crippen molar-refractivity contribution in [1.29, 1.82) is 0 Å². The van der Waals surface area contributed by atoms with Crippen molar-refractivity contribution in [3.05, 3.63) is 0 Å². The molecule has 1 aliphatic heterocycles. The SMILES string of the molecule is CCNCC(C)C(C)N1CCCC(C)C1C. The van der Waals surface area contributed by atoms with Gasteiger partial charge in [-0.15, -0.1) is 0 Å². The Hall–Kier alpha value is -0.0800. The van der Waals surface area contributed by atoms with Gasteiger partial charge in [-0.05, 0) is 58.2 Å². The van der Waals surface area contributed by atoms with Crippen LogP contribution in [0.4, 0.5) is 0 Å². The molecule has 0 saturated carbocycles. The Kier molecular flexibility index (Phi) is 5.77. The number of rotatable bonds is 5. The van der Waals surface area contributed by atoms with Crippen LogP contribution in [0.5, 0.6) is 0 Å². The van der Waals surface area contributed by atoms with Gasteiger partial charge in [-0.25, -0.2) is 0 Å². The van der Waals surface area contributed by atoms with Gasteiger partial charge in [0.05, 0.1) is 0 Å². The first kappa shape index (κ1) is 14.0. The van der Waals surface area contributed by atoms with Crippen molar-refractivity contribution < 1.29 is 0 Å². The van der Waals surface area contributed by atoms with Gasteiger partial charge in [0.1, 0.15) is 0 Å². The van der Waals surface area contributed by atoms with Gasteiger partial charge in [0.15, 0.2) is 0 Å². The van der Waals surface area contributed by atoms with E-state index in [2.05, 4.69) is 44.8 Å². The smallest absolute Gasteiger partial charge is 0.0108 e. The van der Waals surface area contributed by atoms with Crippen LogP contribution in [0.3, 0.4) is 0 Å². The highest BCUT2D eigenvalue weighted by atomic mass is 15.2. The van der Waals surface area contributed by atoms with E-state index >= 15 is 0 Å². The van der Waals surface area contributed by atoms with E-state index in [0.717, 1.165) is 31.0 Å². The minimum Gasteiger partial charge on any atom is -0.317 e. The van der Waals surface area contributed by atoms with Gasteiger partial charge in [-0.3, -0.25) is 4.90 Å². The van der Waals surface area contributed by atoms with Crippen LogP contribution in [-0.2, 0) is 0 Å². The van der Waals surface area contributed by atoms with Gasteiger partial charge < -0.3 is 5.32 Å². The lowest BCUT2D eigenvalue weighted by molar-refractivity contribution is 0.0521. The first-order valence-corrected chi connectivity index (χ1v) is 7.04. The maximum atomic E-state index is 3.47. The van der Waals surface area contributed by atoms with Crippen LogP contribution in [0.2, 0.25) is 0 Å². The van der Waals surface area contributed by atoms with E-state index in [1.165, 1.54) is 19.4 Å². The summed E-state index contributed by atoms with van der Waals surface area (Å²) in [5, 5.41) is 3.47. The number of hydrogen-bond donors (Lipinski definition) is 1. The molecule has 0 radical (unpaired) electrons. The van der Waals surface area contributed by atoms with E-state index in [9.17, 15) is 0 Å². The fraction of sp³-hybridized carbons (Fsp3) is 1.00. The average Bonchev–Trinajstić information content (AvgIpc) is 2.28. The second-order valence-corrected chi connectivity index (χ2v) is 5.62. The number of hydrogen-bond acceptors (Lipinski definition) is 2. The molecule has 0 aromatic heterocycles. The van der Waals surface area contributed by atoms with Crippen molar-refractivity contribution in [2.24, 2.45) is 11.8 Å². The summed E-state index contributed by atoms with van der Waals surface area (Å²) in [6.07, 6.45) is 2.79. The quantitative estimate of drug-likeness (QED) is 0.775. The van der Waals surface area contributed by atoms with Crippen molar-refractivity contribution in [3.8, 4) is 0 Å². The number of likely N-dealkylation sites (tertiary alicyclic amines) is 1. The predicted octanol–water partition coefficient (Wildman–Crippen LogP) is 2.74. The van der Waals surface area contributed by atoms with Crippen LogP contribution < -0.4 is 5.32 Å². The molecule has 1 aliphatic rings. The number of nitrogens with zero attached hydrogens (tertiary/aromatic N) is 1. The van der Waals surface area contributed by atoms with Crippen LogP contribution in [0.1, 0.15) is 47.5 Å². The van der Waals surface area contributed by atoms with Crippen molar-refractivity contribution in [2.45, 2.75) is 59.5 Å². The molecule has 0 amide bonds. The first-order chi connectivity index (χ1) is 7.57. The Morgan fingerprint density at radius 2 is 2.00 bits per heavy atom. The Bertz CT molecular complexity index is 193. The number of piperidine rings is 1. The highest BCUT2D eigenvalue weighted by molar-refractivity contribution is 4.84. The van der Waals surface area contributed by atoms with Crippen LogP contribution in [0, 0.1) is 11.8 Å². The monoisotopic (exact) mass is 226 g/mol. The molecular formula is C14H30N2. The van der Waals surface area contributed by atoms with Crippen molar-refractivity contribution >= 4 is 0 Å². The Morgan fingerprint density at radius 3 is 2.62 bits per heavy atom. The molecule has 1 saturated heterocycles. The molecule has 2 heteroatoms. The van der Waals surface area contributed by atoms with Gasteiger partial charge in [0.2, 0.25) is 0 Å². The first-order valence-electron chi connectivity index (χ1n) is 7.04. The third-order valence-electron chi connectivity index (χ3n) is 4.49. The molecular weight excluding hydrogens is 196 g/mol. The lowest BCUT2D eigenvalue weighted by Crippen LogP contribution is -2.50. The van der Waals surface area contributed by atoms with Crippen LogP contribution in [0.25, 0.3) is 0 Å². The largest absolute Gasteiger partial charge is 0.317 e. The summed E-state index contributed by atoms with van der Waals surface area (Å²) in [5.74, 6) is 1.61. The van der Waals surface area contributed by atoms with E-state index in [4.69, 9.17) is 0 Å². The van der Waals surface area contributed by atoms with E-state index in [0.29, 0.717) is 6.04 Å². The maximum absolute atomic E-state index is 3.47. The molecule has 1 N–H and O–H groups in total. The maximum Gasteiger partial charge on any atom is 0.0108 e. The lowest BCUT2D eigenvalue weighted by Gasteiger charge is -2.43. The summed E-state index contributed by atoms with van der Waals surface area (Å²) in [4.78, 5) is 2.72. The van der Waals surface area contributed by atoms with Crippen molar-refractivity contribution in [1.82, 2.24) is 10.2 Å². The predicted molar refractivity (Wildman–Crippen MR) is 71.7 cm³/mol. The van der Waals surface area contributed by atoms with E-state index in [1.54, 1.807) is 0 Å². The lowest BCUT2D eigenvalue weighted by atomic mass is 9.88. The second kappa shape index (κ2) is 6.61. The van der Waals surface area contributed by atoms with Crippen molar-refractivity contribution in [2.75, 3.05) is 19.6 Å². The molecule has 1 fully saturated rings. The molecule has 0 bridgehead atoms. The molecule has 2 nitrogen and oxygen atoms in total. The molecule has 0 aromatic carbocycles. The Balaban J connectivity index is 2.47. The van der Waals surface area contributed by atoms with Crippen LogP contribution >= 0.6 is 0 Å². The highest BCUT2D eigenvalue weighted by Gasteiger charge is 2.30. The number of nitrogens with one attached hydrogen (secondary N) is 1. The third kappa shape index (κ3) is 3.46. The molecule has 4 unspecified atom stereocenters. The molecule has 16 heavy (non-hydrogen) atoms. The van der Waals surface area contributed by atoms with Crippen molar-refractivity contribution in [3.63, 3.8) is 0 Å². The van der Waals surface area contributed by atoms with Gasteiger partial charge in [0.25, 0.3) is 0 Å². The molecule has 1 heterocycles.